The Labute approximate surface area is 138 Å². The van der Waals surface area contributed by atoms with Gasteiger partial charge in [0, 0.05) is 0 Å². The first-order chi connectivity index (χ1) is 9.41. The molecule has 2 N–H and O–H groups in total. The molecule has 0 aromatic rings. The molecule has 0 heterocycles. The standard InChI is InChI=1S/C17H37NO.BrH/c1-3-5-6-7-8-9-10-11-12-13-14-15-17-19-18-16-4-2;/h18H,3-17H2,1-2H3;1H. The molecule has 20 heavy (non-hydrogen) atoms. The van der Waals surface area contributed by atoms with E-state index < -0.39 is 0 Å². The van der Waals surface area contributed by atoms with E-state index in [-0.39, 0.29) is 17.0 Å². The molecule has 2 nitrogen and oxygen atoms in total. The molecule has 0 amide bonds. The highest BCUT2D eigenvalue weighted by atomic mass is 79.9. The summed E-state index contributed by atoms with van der Waals surface area (Å²) in [6.45, 7) is 6.49. The molecule has 0 saturated carbocycles. The maximum Gasteiger partial charge on any atom is 0.106 e. The quantitative estimate of drug-likeness (QED) is 0.331. The van der Waals surface area contributed by atoms with Crippen LogP contribution in [0.2, 0.25) is 0 Å². The Morgan fingerprint density at radius 2 is 1.05 bits per heavy atom. The maximum atomic E-state index is 5.44. The Hall–Kier alpha value is 0.400. The fourth-order valence-electron chi connectivity index (χ4n) is 2.31. The number of unbranched alkanes of at least 4 members (excludes halogenated alkanes) is 11. The van der Waals surface area contributed by atoms with Gasteiger partial charge >= 0.3 is 0 Å². The Balaban J connectivity index is 0. The summed E-state index contributed by atoms with van der Waals surface area (Å²) in [5.41, 5.74) is 1.97. The molecule has 0 spiro atoms. The predicted molar refractivity (Wildman–Crippen MR) is 84.1 cm³/mol. The van der Waals surface area contributed by atoms with Crippen molar-refractivity contribution in [1.82, 2.24) is 0 Å². The molecule has 0 aliphatic carbocycles. The average Bonchev–Trinajstić information content (AvgIpc) is 2.43. The van der Waals surface area contributed by atoms with Gasteiger partial charge < -0.3 is 17.0 Å². The summed E-state index contributed by atoms with van der Waals surface area (Å²) >= 11 is 0. The molecule has 0 aromatic carbocycles. The van der Waals surface area contributed by atoms with Gasteiger partial charge in [-0.25, -0.2) is 10.3 Å². The van der Waals surface area contributed by atoms with Crippen LogP contribution in [0, 0.1) is 0 Å². The first-order valence-corrected chi connectivity index (χ1v) is 8.85. The van der Waals surface area contributed by atoms with Crippen molar-refractivity contribution in [2.75, 3.05) is 13.2 Å². The molecule has 124 valence electrons. The van der Waals surface area contributed by atoms with E-state index in [1.807, 2.05) is 5.48 Å². The van der Waals surface area contributed by atoms with E-state index in [2.05, 4.69) is 13.8 Å². The molecule has 0 aliphatic rings. The van der Waals surface area contributed by atoms with Crippen LogP contribution < -0.4 is 22.5 Å². The van der Waals surface area contributed by atoms with Crippen LogP contribution in [0.25, 0.3) is 0 Å². The van der Waals surface area contributed by atoms with Gasteiger partial charge in [0.05, 0.1) is 0 Å². The maximum absolute atomic E-state index is 5.44. The third kappa shape index (κ3) is 20.7. The van der Waals surface area contributed by atoms with Gasteiger partial charge in [0.1, 0.15) is 13.2 Å². The van der Waals surface area contributed by atoms with Crippen molar-refractivity contribution < 1.29 is 27.3 Å². The van der Waals surface area contributed by atoms with Gasteiger partial charge in [-0.15, -0.1) is 0 Å². The molecule has 0 fully saturated rings. The first-order valence-electron chi connectivity index (χ1n) is 8.85. The van der Waals surface area contributed by atoms with E-state index in [4.69, 9.17) is 4.84 Å². The van der Waals surface area contributed by atoms with Crippen molar-refractivity contribution >= 4 is 0 Å². The summed E-state index contributed by atoms with van der Waals surface area (Å²) in [4.78, 5) is 5.44. The van der Waals surface area contributed by atoms with E-state index in [1.165, 1.54) is 83.5 Å². The smallest absolute Gasteiger partial charge is 0.106 e. The topological polar surface area (TPSA) is 25.8 Å². The number of hydrogen-bond donors (Lipinski definition) is 1. The zero-order valence-corrected chi connectivity index (χ0v) is 15.6. The highest BCUT2D eigenvalue weighted by Crippen LogP contribution is 2.11. The van der Waals surface area contributed by atoms with Gasteiger partial charge in [0.25, 0.3) is 0 Å². The van der Waals surface area contributed by atoms with Crippen molar-refractivity contribution in [3.8, 4) is 0 Å². The highest BCUT2D eigenvalue weighted by molar-refractivity contribution is 4.48. The number of halogens is 1. The van der Waals surface area contributed by atoms with Crippen molar-refractivity contribution in [3.05, 3.63) is 0 Å². The lowest BCUT2D eigenvalue weighted by Crippen LogP contribution is -3.00. The number of quaternary nitrogens is 1. The van der Waals surface area contributed by atoms with E-state index in [0.717, 1.165) is 13.2 Å². The summed E-state index contributed by atoms with van der Waals surface area (Å²) in [7, 11) is 0. The number of nitrogens with two attached hydrogens (primary N) is 1. The molecule has 0 saturated heterocycles. The molecule has 0 aliphatic heterocycles. The zero-order valence-electron chi connectivity index (χ0n) is 14.0. The number of hydroxylamine groups is 1. The minimum absolute atomic E-state index is 0. The highest BCUT2D eigenvalue weighted by Gasteiger charge is 1.94. The lowest BCUT2D eigenvalue weighted by Gasteiger charge is -2.03. The molecule has 0 atom stereocenters. The van der Waals surface area contributed by atoms with Crippen LogP contribution >= 0.6 is 0 Å². The Bertz CT molecular complexity index is 140. The van der Waals surface area contributed by atoms with Gasteiger partial charge in [-0.3, -0.25) is 0 Å². The third-order valence-corrected chi connectivity index (χ3v) is 3.64. The van der Waals surface area contributed by atoms with Crippen molar-refractivity contribution in [3.63, 3.8) is 0 Å². The van der Waals surface area contributed by atoms with Gasteiger partial charge in [0.2, 0.25) is 0 Å². The lowest BCUT2D eigenvalue weighted by molar-refractivity contribution is -0.895. The van der Waals surface area contributed by atoms with Crippen LogP contribution in [0.5, 0.6) is 0 Å². The van der Waals surface area contributed by atoms with Crippen molar-refractivity contribution in [2.45, 2.75) is 97.3 Å². The minimum atomic E-state index is 0. The van der Waals surface area contributed by atoms with Crippen LogP contribution in [0.1, 0.15) is 97.3 Å². The van der Waals surface area contributed by atoms with E-state index in [1.54, 1.807) is 0 Å². The molecule has 0 unspecified atom stereocenters. The summed E-state index contributed by atoms with van der Waals surface area (Å²) in [5.74, 6) is 0. The summed E-state index contributed by atoms with van der Waals surface area (Å²) in [5, 5.41) is 0. The van der Waals surface area contributed by atoms with Crippen LogP contribution in [0.4, 0.5) is 0 Å². The van der Waals surface area contributed by atoms with Crippen LogP contribution in [-0.2, 0) is 4.84 Å². The molecule has 0 radical (unpaired) electrons. The molecule has 0 aromatic heterocycles. The number of rotatable bonds is 16. The van der Waals surface area contributed by atoms with Crippen LogP contribution in [-0.4, -0.2) is 13.2 Å². The summed E-state index contributed by atoms with van der Waals surface area (Å²) in [6, 6.07) is 0. The minimum Gasteiger partial charge on any atom is -1.00 e. The second-order valence-corrected chi connectivity index (χ2v) is 5.72. The van der Waals surface area contributed by atoms with Crippen LogP contribution in [0.3, 0.4) is 0 Å². The van der Waals surface area contributed by atoms with E-state index in [0.29, 0.717) is 0 Å². The van der Waals surface area contributed by atoms with Crippen molar-refractivity contribution in [2.24, 2.45) is 0 Å². The van der Waals surface area contributed by atoms with Gasteiger partial charge in [-0.05, 0) is 12.8 Å². The summed E-state index contributed by atoms with van der Waals surface area (Å²) in [6.07, 6.45) is 18.1. The van der Waals surface area contributed by atoms with Gasteiger partial charge in [-0.2, -0.15) is 0 Å². The Morgan fingerprint density at radius 1 is 0.600 bits per heavy atom. The monoisotopic (exact) mass is 351 g/mol. The third-order valence-electron chi connectivity index (χ3n) is 3.64. The lowest BCUT2D eigenvalue weighted by atomic mass is 10.1. The van der Waals surface area contributed by atoms with Gasteiger partial charge in [-0.1, -0.05) is 84.5 Å². The fourth-order valence-corrected chi connectivity index (χ4v) is 2.31. The Morgan fingerprint density at radius 3 is 1.50 bits per heavy atom. The fraction of sp³-hybridized carbons (Fsp3) is 1.00. The largest absolute Gasteiger partial charge is 1.00 e. The zero-order chi connectivity index (χ0) is 14.0. The van der Waals surface area contributed by atoms with Crippen LogP contribution in [0.15, 0.2) is 0 Å². The molecule has 0 bridgehead atoms. The predicted octanol–water partition coefficient (Wildman–Crippen LogP) is 1.60. The number of hydrogen-bond acceptors (Lipinski definition) is 1. The van der Waals surface area contributed by atoms with E-state index in [9.17, 15) is 0 Å². The molecular formula is C17H38BrNO. The average molecular weight is 352 g/mol. The molecular weight excluding hydrogens is 314 g/mol. The van der Waals surface area contributed by atoms with Crippen molar-refractivity contribution in [1.29, 1.82) is 0 Å². The van der Waals surface area contributed by atoms with Gasteiger partial charge in [0.15, 0.2) is 0 Å². The molecule has 0 rings (SSSR count). The second-order valence-electron chi connectivity index (χ2n) is 5.72. The Kier molecular flexibility index (Phi) is 24.6. The summed E-state index contributed by atoms with van der Waals surface area (Å²) < 4.78 is 0. The van der Waals surface area contributed by atoms with E-state index >= 15 is 0 Å². The normalized spacial score (nSPS) is 10.5. The first kappa shape index (κ1) is 22.7. The molecule has 3 heteroatoms. The second kappa shape index (κ2) is 21.7. The SMILES string of the molecule is CCCCCCCCCCCCCCO[NH2+]CCC.[Br-].